The second-order valence-corrected chi connectivity index (χ2v) is 10.9. The number of pyridine rings is 1. The molecule has 0 N–H and O–H groups in total. The highest BCUT2D eigenvalue weighted by molar-refractivity contribution is 6.13. The van der Waals surface area contributed by atoms with Gasteiger partial charge in [-0.15, -0.1) is 0 Å². The van der Waals surface area contributed by atoms with E-state index in [-0.39, 0.29) is 0 Å². The van der Waals surface area contributed by atoms with E-state index in [0.29, 0.717) is 5.82 Å². The third kappa shape index (κ3) is 4.81. The second-order valence-electron chi connectivity index (χ2n) is 10.9. The number of hydrogen-bond donors (Lipinski definition) is 0. The van der Waals surface area contributed by atoms with Crippen LogP contribution in [0.5, 0.6) is 0 Å². The van der Waals surface area contributed by atoms with Gasteiger partial charge in [-0.05, 0) is 75.1 Å². The smallest absolute Gasteiger partial charge is 0.160 e. The Bertz CT molecular complexity index is 2150. The predicted octanol–water partition coefficient (Wildman–Crippen LogP) is 10.5. The molecule has 0 aliphatic carbocycles. The summed E-state index contributed by atoms with van der Waals surface area (Å²) in [6.45, 7) is 0. The van der Waals surface area contributed by atoms with Gasteiger partial charge in [0.15, 0.2) is 5.82 Å². The minimum atomic E-state index is 0.675. The van der Waals surface area contributed by atoms with E-state index in [1.165, 1.54) is 27.1 Å². The van der Waals surface area contributed by atoms with Crippen LogP contribution in [-0.2, 0) is 0 Å². The van der Waals surface area contributed by atoms with Gasteiger partial charge in [0.25, 0.3) is 0 Å². The van der Waals surface area contributed by atoms with Crippen molar-refractivity contribution in [2.24, 2.45) is 0 Å². The highest BCUT2D eigenvalue weighted by atomic mass is 14.9. The fourth-order valence-corrected chi connectivity index (χ4v) is 6.00. The van der Waals surface area contributed by atoms with Gasteiger partial charge >= 0.3 is 0 Å². The first-order chi connectivity index (χ1) is 21.8. The van der Waals surface area contributed by atoms with Crippen molar-refractivity contribution in [1.82, 2.24) is 15.0 Å². The van der Waals surface area contributed by atoms with Gasteiger partial charge in [-0.25, -0.2) is 9.97 Å². The number of nitrogens with zero attached hydrogens (tertiary/aromatic N) is 3. The Balaban J connectivity index is 1.43. The summed E-state index contributed by atoms with van der Waals surface area (Å²) in [5.41, 5.74) is 9.03. The molecule has 2 heterocycles. The quantitative estimate of drug-likeness (QED) is 0.196. The molecule has 0 radical (unpaired) electrons. The Morgan fingerprint density at radius 2 is 0.864 bits per heavy atom. The molecular formula is C41H27N3. The van der Waals surface area contributed by atoms with Crippen molar-refractivity contribution in [3.05, 3.63) is 164 Å². The van der Waals surface area contributed by atoms with E-state index in [2.05, 4.69) is 109 Å². The molecule has 3 nitrogen and oxygen atoms in total. The molecule has 0 aliphatic heterocycles. The summed E-state index contributed by atoms with van der Waals surface area (Å²) in [4.78, 5) is 15.1. The van der Waals surface area contributed by atoms with Crippen LogP contribution in [0.1, 0.15) is 0 Å². The fraction of sp³-hybridized carbons (Fsp3) is 0. The fourth-order valence-electron chi connectivity index (χ4n) is 6.00. The lowest BCUT2D eigenvalue weighted by Gasteiger charge is -2.16. The van der Waals surface area contributed by atoms with E-state index in [1.54, 1.807) is 0 Å². The molecule has 0 aliphatic rings. The van der Waals surface area contributed by atoms with Crippen molar-refractivity contribution in [2.75, 3.05) is 0 Å². The van der Waals surface area contributed by atoms with E-state index < -0.39 is 0 Å². The van der Waals surface area contributed by atoms with Crippen LogP contribution in [0.4, 0.5) is 0 Å². The van der Waals surface area contributed by atoms with Crippen molar-refractivity contribution in [2.45, 2.75) is 0 Å². The molecule has 0 fully saturated rings. The van der Waals surface area contributed by atoms with Gasteiger partial charge in [-0.1, -0.05) is 115 Å². The zero-order valence-corrected chi connectivity index (χ0v) is 23.9. The maximum atomic E-state index is 5.16. The second kappa shape index (κ2) is 11.0. The Morgan fingerprint density at radius 1 is 0.341 bits per heavy atom. The lowest BCUT2D eigenvalue weighted by atomic mass is 9.90. The minimum absolute atomic E-state index is 0.675. The van der Waals surface area contributed by atoms with Gasteiger partial charge in [0.05, 0.1) is 17.1 Å². The molecule has 0 spiro atoms. The van der Waals surface area contributed by atoms with Crippen LogP contribution in [0.25, 0.3) is 77.8 Å². The average Bonchev–Trinajstić information content (AvgIpc) is 3.11. The third-order valence-corrected chi connectivity index (χ3v) is 8.08. The first-order valence-corrected chi connectivity index (χ1v) is 14.8. The van der Waals surface area contributed by atoms with Gasteiger partial charge in [0.2, 0.25) is 0 Å². The molecule has 44 heavy (non-hydrogen) atoms. The summed E-state index contributed by atoms with van der Waals surface area (Å²) in [7, 11) is 0. The monoisotopic (exact) mass is 561 g/mol. The highest BCUT2D eigenvalue weighted by Crippen LogP contribution is 2.40. The molecular weight excluding hydrogens is 534 g/mol. The summed E-state index contributed by atoms with van der Waals surface area (Å²) in [5, 5.41) is 4.83. The van der Waals surface area contributed by atoms with Gasteiger partial charge in [0.1, 0.15) is 0 Å². The number of benzene rings is 6. The molecule has 3 heteroatoms. The summed E-state index contributed by atoms with van der Waals surface area (Å²) in [6, 6.07) is 54.9. The van der Waals surface area contributed by atoms with Crippen LogP contribution in [0.2, 0.25) is 0 Å². The first-order valence-electron chi connectivity index (χ1n) is 14.8. The summed E-state index contributed by atoms with van der Waals surface area (Å²) in [5.74, 6) is 0.675. The molecule has 0 saturated heterocycles. The SMILES string of the molecule is c1ccc(-c2cc(-c3ccccc3)nc(-c3cc(-c4ccccn4)cc(-c4c5ccccc5cc5ccccc45)c3)n2)cc1. The van der Waals surface area contributed by atoms with E-state index in [9.17, 15) is 0 Å². The van der Waals surface area contributed by atoms with Gasteiger partial charge in [-0.3, -0.25) is 4.98 Å². The molecule has 206 valence electrons. The van der Waals surface area contributed by atoms with Crippen LogP contribution in [0.3, 0.4) is 0 Å². The van der Waals surface area contributed by atoms with Crippen molar-refractivity contribution in [3.8, 4) is 56.3 Å². The zero-order valence-electron chi connectivity index (χ0n) is 23.9. The van der Waals surface area contributed by atoms with Gasteiger partial charge in [0, 0.05) is 28.5 Å². The number of aromatic nitrogens is 3. The van der Waals surface area contributed by atoms with Crippen molar-refractivity contribution < 1.29 is 0 Å². The maximum absolute atomic E-state index is 5.16. The van der Waals surface area contributed by atoms with Crippen molar-refractivity contribution in [3.63, 3.8) is 0 Å². The largest absolute Gasteiger partial charge is 0.256 e. The van der Waals surface area contributed by atoms with Crippen LogP contribution in [0.15, 0.2) is 164 Å². The Kier molecular flexibility index (Phi) is 6.47. The average molecular weight is 562 g/mol. The highest BCUT2D eigenvalue weighted by Gasteiger charge is 2.16. The lowest BCUT2D eigenvalue weighted by Crippen LogP contribution is -1.97. The number of hydrogen-bond acceptors (Lipinski definition) is 3. The Labute approximate surface area is 256 Å². The Morgan fingerprint density at radius 3 is 1.45 bits per heavy atom. The van der Waals surface area contributed by atoms with Crippen LogP contribution >= 0.6 is 0 Å². The molecule has 0 saturated carbocycles. The summed E-state index contributed by atoms with van der Waals surface area (Å²) < 4.78 is 0. The molecule has 2 aromatic heterocycles. The topological polar surface area (TPSA) is 38.7 Å². The van der Waals surface area contributed by atoms with Crippen LogP contribution in [-0.4, -0.2) is 15.0 Å². The molecule has 8 rings (SSSR count). The van der Waals surface area contributed by atoms with E-state index >= 15 is 0 Å². The Hall–Kier alpha value is -5.93. The maximum Gasteiger partial charge on any atom is 0.160 e. The molecule has 0 unspecified atom stereocenters. The summed E-state index contributed by atoms with van der Waals surface area (Å²) in [6.07, 6.45) is 1.84. The normalized spacial score (nSPS) is 11.2. The van der Waals surface area contributed by atoms with E-state index in [4.69, 9.17) is 15.0 Å². The molecule has 0 atom stereocenters. The standard InChI is InChI=1S/C41H27N3/c1-3-13-28(14-4-1)38-27-39(29-15-5-2-6-16-29)44-41(43-38)34-25-32(37-21-11-12-22-42-37)24-33(26-34)40-35-19-9-7-17-30(35)23-31-18-8-10-20-36(31)40/h1-27H. The van der Waals surface area contributed by atoms with Crippen LogP contribution in [0, 0.1) is 0 Å². The van der Waals surface area contributed by atoms with Gasteiger partial charge in [-0.2, -0.15) is 0 Å². The zero-order chi connectivity index (χ0) is 29.3. The molecule has 0 bridgehead atoms. The van der Waals surface area contributed by atoms with Crippen LogP contribution < -0.4 is 0 Å². The molecule has 6 aromatic carbocycles. The first kappa shape index (κ1) is 25.8. The van der Waals surface area contributed by atoms with Crippen molar-refractivity contribution >= 4 is 21.5 Å². The lowest BCUT2D eigenvalue weighted by molar-refractivity contribution is 1.18. The van der Waals surface area contributed by atoms with E-state index in [1.807, 2.05) is 54.7 Å². The van der Waals surface area contributed by atoms with Gasteiger partial charge < -0.3 is 0 Å². The summed E-state index contributed by atoms with van der Waals surface area (Å²) >= 11 is 0. The minimum Gasteiger partial charge on any atom is -0.256 e. The van der Waals surface area contributed by atoms with Crippen molar-refractivity contribution in [1.29, 1.82) is 0 Å². The number of fused-ring (bicyclic) bond motifs is 2. The third-order valence-electron chi connectivity index (χ3n) is 8.08. The van der Waals surface area contributed by atoms with E-state index in [0.717, 1.165) is 44.9 Å². The number of rotatable bonds is 5. The molecule has 8 aromatic rings. The molecule has 0 amide bonds. The predicted molar refractivity (Wildman–Crippen MR) is 182 cm³/mol.